The highest BCUT2D eigenvalue weighted by Gasteiger charge is 2.35. The van der Waals surface area contributed by atoms with Gasteiger partial charge in [0, 0.05) is 0 Å². The zero-order valence-electron chi connectivity index (χ0n) is 8.49. The van der Waals surface area contributed by atoms with Gasteiger partial charge in [0.1, 0.15) is 6.29 Å². The largest absolute Gasteiger partial charge is 0.302 e. The molecule has 0 aromatic carbocycles. The molecule has 1 heteroatoms. The van der Waals surface area contributed by atoms with E-state index in [0.29, 0.717) is 0 Å². The Hall–Kier alpha value is -0.850. The van der Waals surface area contributed by atoms with Crippen LogP contribution in [-0.2, 0) is 4.79 Å². The van der Waals surface area contributed by atoms with Gasteiger partial charge >= 0.3 is 0 Å². The van der Waals surface area contributed by atoms with Crippen molar-refractivity contribution >= 4 is 6.29 Å². The van der Waals surface area contributed by atoms with Gasteiger partial charge < -0.3 is 4.79 Å². The van der Waals surface area contributed by atoms with Crippen LogP contribution in [0.5, 0.6) is 0 Å². The molecule has 1 nitrogen and oxygen atoms in total. The van der Waals surface area contributed by atoms with Crippen molar-refractivity contribution in [3.05, 3.63) is 22.3 Å². The summed E-state index contributed by atoms with van der Waals surface area (Å²) < 4.78 is 0. The van der Waals surface area contributed by atoms with Crippen molar-refractivity contribution in [3.63, 3.8) is 0 Å². The lowest BCUT2D eigenvalue weighted by atomic mass is 9.81. The Kier molecular flexibility index (Phi) is 1.99. The third-order valence-corrected chi connectivity index (χ3v) is 3.48. The van der Waals surface area contributed by atoms with Crippen molar-refractivity contribution in [2.24, 2.45) is 5.41 Å². The van der Waals surface area contributed by atoms with E-state index in [9.17, 15) is 4.79 Å². The molecule has 1 aliphatic carbocycles. The Balaban J connectivity index is 3.35. The molecule has 1 rings (SSSR count). The Morgan fingerprint density at radius 1 is 1.00 bits per heavy atom. The predicted molar refractivity (Wildman–Crippen MR) is 50.9 cm³/mol. The topological polar surface area (TPSA) is 17.1 Å². The minimum atomic E-state index is -0.325. The fraction of sp³-hybridized carbons (Fsp3) is 0.545. The second-order valence-corrected chi connectivity index (χ2v) is 3.82. The summed E-state index contributed by atoms with van der Waals surface area (Å²) in [6.45, 7) is 10.3. The smallest absolute Gasteiger partial charge is 0.134 e. The van der Waals surface area contributed by atoms with Crippen molar-refractivity contribution in [2.75, 3.05) is 0 Å². The molecule has 0 aliphatic heterocycles. The van der Waals surface area contributed by atoms with E-state index in [0.717, 1.165) is 6.29 Å². The molecule has 0 bridgehead atoms. The molecule has 1 aliphatic rings. The fourth-order valence-corrected chi connectivity index (χ4v) is 1.80. The number of carbonyl (C=O) groups is 1. The first-order valence-corrected chi connectivity index (χ1v) is 4.27. The van der Waals surface area contributed by atoms with Gasteiger partial charge in [-0.05, 0) is 45.8 Å². The molecule has 0 atom stereocenters. The molecule has 0 heterocycles. The van der Waals surface area contributed by atoms with Gasteiger partial charge in [-0.1, -0.05) is 11.1 Å². The van der Waals surface area contributed by atoms with E-state index in [1.54, 1.807) is 0 Å². The highest BCUT2D eigenvalue weighted by Crippen LogP contribution is 2.44. The summed E-state index contributed by atoms with van der Waals surface area (Å²) in [4.78, 5) is 11.0. The molecular weight excluding hydrogens is 148 g/mol. The van der Waals surface area contributed by atoms with Crippen LogP contribution in [0, 0.1) is 5.41 Å². The third-order valence-electron chi connectivity index (χ3n) is 3.48. The summed E-state index contributed by atoms with van der Waals surface area (Å²) in [5, 5.41) is 0. The number of aldehydes is 1. The van der Waals surface area contributed by atoms with Gasteiger partial charge in [-0.15, -0.1) is 0 Å². The maximum absolute atomic E-state index is 11.0. The van der Waals surface area contributed by atoms with Crippen molar-refractivity contribution in [1.82, 2.24) is 0 Å². The van der Waals surface area contributed by atoms with E-state index in [2.05, 4.69) is 13.8 Å². The number of hydrogen-bond donors (Lipinski definition) is 0. The number of hydrogen-bond acceptors (Lipinski definition) is 1. The molecule has 0 aromatic rings. The quantitative estimate of drug-likeness (QED) is 0.545. The lowest BCUT2D eigenvalue weighted by Gasteiger charge is -2.21. The highest BCUT2D eigenvalue weighted by atomic mass is 16.1. The SMILES string of the molecule is CC1=C(C)C(C)(C=O)C(C)=C1C. The zero-order chi connectivity index (χ0) is 9.52. The molecule has 0 saturated carbocycles. The molecule has 0 radical (unpaired) electrons. The Morgan fingerprint density at radius 2 is 1.33 bits per heavy atom. The van der Waals surface area contributed by atoms with Crippen molar-refractivity contribution in [2.45, 2.75) is 34.6 Å². The first kappa shape index (κ1) is 9.24. The van der Waals surface area contributed by atoms with Crippen LogP contribution >= 0.6 is 0 Å². The molecule has 0 fully saturated rings. The minimum absolute atomic E-state index is 0.325. The summed E-state index contributed by atoms with van der Waals surface area (Å²) in [6, 6.07) is 0. The van der Waals surface area contributed by atoms with E-state index in [1.807, 2.05) is 20.8 Å². The molecule has 12 heavy (non-hydrogen) atoms. The normalized spacial score (nSPS) is 22.1. The first-order valence-electron chi connectivity index (χ1n) is 4.27. The standard InChI is InChI=1S/C11H16O/c1-7-8(2)10(4)11(5,6-12)9(7)3/h6H,1-5H3. The van der Waals surface area contributed by atoms with E-state index in [4.69, 9.17) is 0 Å². The zero-order valence-corrected chi connectivity index (χ0v) is 8.49. The Morgan fingerprint density at radius 3 is 1.50 bits per heavy atom. The average molecular weight is 164 g/mol. The second kappa shape index (κ2) is 2.58. The monoisotopic (exact) mass is 164 g/mol. The van der Waals surface area contributed by atoms with Crippen LogP contribution in [0.25, 0.3) is 0 Å². The number of allylic oxidation sites excluding steroid dienone is 4. The lowest BCUT2D eigenvalue weighted by Crippen LogP contribution is -2.18. The van der Waals surface area contributed by atoms with Gasteiger partial charge in [-0.25, -0.2) is 0 Å². The average Bonchev–Trinajstić information content (AvgIpc) is 2.22. The van der Waals surface area contributed by atoms with E-state index < -0.39 is 0 Å². The maximum atomic E-state index is 11.0. The summed E-state index contributed by atoms with van der Waals surface area (Å²) >= 11 is 0. The van der Waals surface area contributed by atoms with Crippen LogP contribution in [0.4, 0.5) is 0 Å². The lowest BCUT2D eigenvalue weighted by molar-refractivity contribution is -0.112. The maximum Gasteiger partial charge on any atom is 0.134 e. The first-order chi connectivity index (χ1) is 5.45. The van der Waals surface area contributed by atoms with Gasteiger partial charge in [-0.3, -0.25) is 0 Å². The molecule has 0 spiro atoms. The minimum Gasteiger partial charge on any atom is -0.302 e. The van der Waals surface area contributed by atoms with Crippen LogP contribution in [0.2, 0.25) is 0 Å². The molecule has 66 valence electrons. The van der Waals surface area contributed by atoms with Gasteiger partial charge in [-0.2, -0.15) is 0 Å². The van der Waals surface area contributed by atoms with E-state index in [1.165, 1.54) is 22.3 Å². The van der Waals surface area contributed by atoms with Crippen LogP contribution < -0.4 is 0 Å². The molecule has 0 aromatic heterocycles. The third kappa shape index (κ3) is 0.889. The number of rotatable bonds is 1. The summed E-state index contributed by atoms with van der Waals surface area (Å²) in [5.74, 6) is 0. The van der Waals surface area contributed by atoms with Gasteiger partial charge in [0.25, 0.3) is 0 Å². The predicted octanol–water partition coefficient (Wildman–Crippen LogP) is 2.88. The second-order valence-electron chi connectivity index (χ2n) is 3.82. The number of carbonyl (C=O) groups excluding carboxylic acids is 1. The van der Waals surface area contributed by atoms with Crippen LogP contribution in [0.1, 0.15) is 34.6 Å². The van der Waals surface area contributed by atoms with Crippen molar-refractivity contribution in [1.29, 1.82) is 0 Å². The molecule has 0 amide bonds. The van der Waals surface area contributed by atoms with Gasteiger partial charge in [0.15, 0.2) is 0 Å². The van der Waals surface area contributed by atoms with E-state index in [-0.39, 0.29) is 5.41 Å². The van der Waals surface area contributed by atoms with Crippen LogP contribution in [0.3, 0.4) is 0 Å². The summed E-state index contributed by atoms with van der Waals surface area (Å²) in [6.07, 6.45) is 1.05. The molecule has 0 saturated heterocycles. The summed E-state index contributed by atoms with van der Waals surface area (Å²) in [5.41, 5.74) is 4.64. The molecular formula is C11H16O. The van der Waals surface area contributed by atoms with Gasteiger partial charge in [0.05, 0.1) is 5.41 Å². The van der Waals surface area contributed by atoms with Crippen molar-refractivity contribution in [3.8, 4) is 0 Å². The van der Waals surface area contributed by atoms with Crippen molar-refractivity contribution < 1.29 is 4.79 Å². The van der Waals surface area contributed by atoms with E-state index >= 15 is 0 Å². The van der Waals surface area contributed by atoms with Crippen LogP contribution in [0.15, 0.2) is 22.3 Å². The highest BCUT2D eigenvalue weighted by molar-refractivity contribution is 5.75. The molecule has 0 unspecified atom stereocenters. The summed E-state index contributed by atoms with van der Waals surface area (Å²) in [7, 11) is 0. The van der Waals surface area contributed by atoms with Crippen LogP contribution in [-0.4, -0.2) is 6.29 Å². The molecule has 0 N–H and O–H groups in total. The van der Waals surface area contributed by atoms with Gasteiger partial charge in [0.2, 0.25) is 0 Å². The fourth-order valence-electron chi connectivity index (χ4n) is 1.80. The Labute approximate surface area is 74.2 Å². The Bertz CT molecular complexity index is 268.